The van der Waals surface area contributed by atoms with Crippen LogP contribution in [0.3, 0.4) is 0 Å². The fourth-order valence-corrected chi connectivity index (χ4v) is 1.67. The number of nitrogens with zero attached hydrogens (tertiary/aromatic N) is 1. The number of hydrogen-bond donors (Lipinski definition) is 0. The zero-order chi connectivity index (χ0) is 5.61. The summed E-state index contributed by atoms with van der Waals surface area (Å²) in [5.74, 6) is 0. The van der Waals surface area contributed by atoms with E-state index in [4.69, 9.17) is 0 Å². The van der Waals surface area contributed by atoms with Crippen molar-refractivity contribution in [3.8, 4) is 0 Å². The molecule has 2 heteroatoms. The van der Waals surface area contributed by atoms with Crippen LogP contribution in [-0.2, 0) is 0 Å². The molecule has 0 radical (unpaired) electrons. The van der Waals surface area contributed by atoms with E-state index < -0.39 is 0 Å². The minimum Gasteiger partial charge on any atom is -0.632 e. The maximum absolute atomic E-state index is 11.1. The fraction of sp³-hybridized carbons (Fsp3) is 1.00. The largest absolute Gasteiger partial charge is 0.632 e. The van der Waals surface area contributed by atoms with Gasteiger partial charge < -0.3 is 9.85 Å². The van der Waals surface area contributed by atoms with Gasteiger partial charge in [0, 0.05) is 6.42 Å². The number of hydrogen-bond acceptors (Lipinski definition) is 1. The van der Waals surface area contributed by atoms with Crippen molar-refractivity contribution in [1.29, 1.82) is 0 Å². The first-order chi connectivity index (χ1) is 3.81. The van der Waals surface area contributed by atoms with Crippen molar-refractivity contribution in [2.75, 3.05) is 13.1 Å². The van der Waals surface area contributed by atoms with Gasteiger partial charge in [-0.1, -0.05) is 0 Å². The third-order valence-corrected chi connectivity index (χ3v) is 2.38. The topological polar surface area (TPSA) is 23.1 Å². The number of piperidine rings is 1. The molecule has 0 aromatic carbocycles. The molecule has 8 heavy (non-hydrogen) atoms. The van der Waals surface area contributed by atoms with Crippen molar-refractivity contribution in [3.05, 3.63) is 5.21 Å². The van der Waals surface area contributed by atoms with Crippen molar-refractivity contribution in [2.24, 2.45) is 0 Å². The highest BCUT2D eigenvalue weighted by Gasteiger charge is 2.48. The Labute approximate surface area is 49.3 Å². The molecule has 0 spiro atoms. The van der Waals surface area contributed by atoms with E-state index in [9.17, 15) is 5.21 Å². The molecular formula is C6H11NO. The van der Waals surface area contributed by atoms with Crippen LogP contribution in [-0.4, -0.2) is 23.8 Å². The molecule has 2 atom stereocenters. The van der Waals surface area contributed by atoms with Gasteiger partial charge in [-0.15, -0.1) is 0 Å². The summed E-state index contributed by atoms with van der Waals surface area (Å²) in [5.41, 5.74) is 0. The Morgan fingerprint density at radius 3 is 2.75 bits per heavy atom. The highest BCUT2D eigenvalue weighted by Crippen LogP contribution is 2.37. The van der Waals surface area contributed by atoms with Gasteiger partial charge in [0.1, 0.15) is 12.6 Å². The Balaban J connectivity index is 2.04. The molecule has 2 heterocycles. The van der Waals surface area contributed by atoms with Gasteiger partial charge in [0.15, 0.2) is 0 Å². The van der Waals surface area contributed by atoms with Crippen LogP contribution in [0.25, 0.3) is 0 Å². The van der Waals surface area contributed by atoms with Gasteiger partial charge >= 0.3 is 0 Å². The van der Waals surface area contributed by atoms with Crippen LogP contribution < -0.4 is 0 Å². The zero-order valence-electron chi connectivity index (χ0n) is 4.97. The summed E-state index contributed by atoms with van der Waals surface area (Å²) < 4.78 is 0.167. The molecule has 0 aromatic rings. The molecule has 2 aliphatic rings. The number of quaternary nitrogens is 1. The Bertz CT molecular complexity index is 113. The molecule has 0 aliphatic carbocycles. The molecule has 0 aromatic heterocycles. The number of hydroxylamine groups is 3. The minimum atomic E-state index is 0.167. The van der Waals surface area contributed by atoms with Crippen molar-refractivity contribution < 1.29 is 4.65 Å². The SMILES string of the molecule is [O-][N+]12CCCCC1C2. The predicted octanol–water partition coefficient (Wildman–Crippen LogP) is 0.867. The maximum Gasteiger partial charge on any atom is 0.139 e. The molecule has 2 unspecified atom stereocenters. The second kappa shape index (κ2) is 1.25. The lowest BCUT2D eigenvalue weighted by atomic mass is 10.1. The molecule has 0 saturated carbocycles. The van der Waals surface area contributed by atoms with Crippen LogP contribution in [0.5, 0.6) is 0 Å². The summed E-state index contributed by atoms with van der Waals surface area (Å²) in [6.45, 7) is 1.84. The summed E-state index contributed by atoms with van der Waals surface area (Å²) >= 11 is 0. The van der Waals surface area contributed by atoms with Gasteiger partial charge in [-0.3, -0.25) is 0 Å². The third kappa shape index (κ3) is 0.501. The highest BCUT2D eigenvalue weighted by molar-refractivity contribution is 4.78. The van der Waals surface area contributed by atoms with Gasteiger partial charge in [-0.25, -0.2) is 0 Å². The Morgan fingerprint density at radius 1 is 1.38 bits per heavy atom. The van der Waals surface area contributed by atoms with E-state index in [0.29, 0.717) is 6.04 Å². The molecule has 46 valence electrons. The summed E-state index contributed by atoms with van der Waals surface area (Å²) in [5, 5.41) is 11.1. The van der Waals surface area contributed by atoms with E-state index in [-0.39, 0.29) is 4.65 Å². The molecule has 0 N–H and O–H groups in total. The first-order valence-corrected chi connectivity index (χ1v) is 3.39. The second-order valence-electron chi connectivity index (χ2n) is 3.01. The van der Waals surface area contributed by atoms with Crippen LogP contribution in [0.1, 0.15) is 19.3 Å². The van der Waals surface area contributed by atoms with E-state index in [1.807, 2.05) is 0 Å². The van der Waals surface area contributed by atoms with Gasteiger partial charge in [-0.05, 0) is 12.8 Å². The summed E-state index contributed by atoms with van der Waals surface area (Å²) in [6.07, 6.45) is 3.66. The minimum absolute atomic E-state index is 0.167. The van der Waals surface area contributed by atoms with Crippen LogP contribution in [0.4, 0.5) is 0 Å². The quantitative estimate of drug-likeness (QED) is 0.259. The van der Waals surface area contributed by atoms with E-state index in [0.717, 1.165) is 13.1 Å². The third-order valence-electron chi connectivity index (χ3n) is 2.38. The van der Waals surface area contributed by atoms with E-state index in [2.05, 4.69) is 0 Å². The monoisotopic (exact) mass is 113 g/mol. The molecular weight excluding hydrogens is 102 g/mol. The molecule has 0 bridgehead atoms. The van der Waals surface area contributed by atoms with Crippen LogP contribution in [0, 0.1) is 5.21 Å². The predicted molar refractivity (Wildman–Crippen MR) is 31.0 cm³/mol. The molecule has 2 fully saturated rings. The van der Waals surface area contributed by atoms with Crippen molar-refractivity contribution in [2.45, 2.75) is 25.3 Å². The average molecular weight is 113 g/mol. The average Bonchev–Trinajstić information content (AvgIpc) is 2.39. The lowest BCUT2D eigenvalue weighted by molar-refractivity contribution is -0.764. The van der Waals surface area contributed by atoms with E-state index in [1.54, 1.807) is 0 Å². The van der Waals surface area contributed by atoms with Gasteiger partial charge in [0.25, 0.3) is 0 Å². The highest BCUT2D eigenvalue weighted by atomic mass is 16.6. The Morgan fingerprint density at radius 2 is 2.25 bits per heavy atom. The molecule has 0 amide bonds. The van der Waals surface area contributed by atoms with Crippen molar-refractivity contribution >= 4 is 0 Å². The van der Waals surface area contributed by atoms with Gasteiger partial charge in [0.2, 0.25) is 0 Å². The van der Waals surface area contributed by atoms with Gasteiger partial charge in [-0.2, -0.15) is 0 Å². The smallest absolute Gasteiger partial charge is 0.139 e. The van der Waals surface area contributed by atoms with Crippen molar-refractivity contribution in [3.63, 3.8) is 0 Å². The van der Waals surface area contributed by atoms with Crippen LogP contribution in [0.15, 0.2) is 0 Å². The lowest BCUT2D eigenvalue weighted by Crippen LogP contribution is -2.25. The van der Waals surface area contributed by atoms with Crippen LogP contribution >= 0.6 is 0 Å². The van der Waals surface area contributed by atoms with Crippen molar-refractivity contribution in [1.82, 2.24) is 0 Å². The Kier molecular flexibility index (Phi) is 0.746. The summed E-state index contributed by atoms with van der Waals surface area (Å²) in [7, 11) is 0. The van der Waals surface area contributed by atoms with E-state index >= 15 is 0 Å². The Hall–Kier alpha value is -0.0800. The molecule has 2 nitrogen and oxygen atoms in total. The maximum atomic E-state index is 11.1. The normalized spacial score (nSPS) is 52.9. The number of rotatable bonds is 0. The molecule has 2 aliphatic heterocycles. The molecule has 2 saturated heterocycles. The van der Waals surface area contributed by atoms with Gasteiger partial charge in [0.05, 0.1) is 6.54 Å². The second-order valence-corrected chi connectivity index (χ2v) is 3.01. The summed E-state index contributed by atoms with van der Waals surface area (Å²) in [4.78, 5) is 0. The fourth-order valence-electron chi connectivity index (χ4n) is 1.67. The zero-order valence-corrected chi connectivity index (χ0v) is 4.97. The van der Waals surface area contributed by atoms with Crippen LogP contribution in [0.2, 0.25) is 0 Å². The first kappa shape index (κ1) is 4.77. The standard InChI is InChI=1S/C6H11NO/c8-7-4-2-1-3-6(7)5-7/h6H,1-5H2. The summed E-state index contributed by atoms with van der Waals surface area (Å²) in [6, 6.07) is 0.531. The lowest BCUT2D eigenvalue weighted by Gasteiger charge is -2.26. The first-order valence-electron chi connectivity index (χ1n) is 3.39. The number of fused-ring (bicyclic) bond motifs is 1. The molecule has 2 rings (SSSR count). The van der Waals surface area contributed by atoms with E-state index in [1.165, 1.54) is 19.3 Å².